The van der Waals surface area contributed by atoms with Crippen LogP contribution in [0.25, 0.3) is 0 Å². The van der Waals surface area contributed by atoms with Gasteiger partial charge in [0, 0.05) is 19.8 Å². The van der Waals surface area contributed by atoms with Crippen molar-refractivity contribution in [1.82, 2.24) is 0 Å². The van der Waals surface area contributed by atoms with Crippen LogP contribution in [0.5, 0.6) is 5.75 Å². The molecule has 0 saturated heterocycles. The fourth-order valence-corrected chi connectivity index (χ4v) is 1.33. The molecule has 0 aliphatic rings. The van der Waals surface area contributed by atoms with E-state index in [4.69, 9.17) is 5.53 Å². The van der Waals surface area contributed by atoms with E-state index < -0.39 is 10.3 Å². The van der Waals surface area contributed by atoms with Gasteiger partial charge < -0.3 is 10.5 Å². The molecule has 84 valence electrons. The molecular formula is C8H12N3NaO3S. The van der Waals surface area contributed by atoms with Crippen LogP contribution in [-0.2, 0) is 10.3 Å². The van der Waals surface area contributed by atoms with Gasteiger partial charge in [-0.25, -0.2) is 0 Å². The van der Waals surface area contributed by atoms with Gasteiger partial charge in [0.05, 0.1) is 0 Å². The zero-order valence-corrected chi connectivity index (χ0v) is 12.2. The molecule has 1 aromatic carbocycles. The molecule has 1 rings (SSSR count). The molecule has 6 nitrogen and oxygen atoms in total. The van der Waals surface area contributed by atoms with Crippen LogP contribution in [0.2, 0.25) is 0 Å². The predicted octanol–water partition coefficient (Wildman–Crippen LogP) is -1.48. The van der Waals surface area contributed by atoms with E-state index in [-0.39, 0.29) is 36.7 Å². The summed E-state index contributed by atoms with van der Waals surface area (Å²) < 4.78 is 28.4. The molecule has 0 aliphatic heterocycles. The number of nitrogens with one attached hydrogen (secondary N) is 1. The first-order valence-electron chi connectivity index (χ1n) is 4.05. The first kappa shape index (κ1) is 15.4. The van der Waals surface area contributed by atoms with Gasteiger partial charge in [0.2, 0.25) is 0 Å². The van der Waals surface area contributed by atoms with Gasteiger partial charge in [0.25, 0.3) is 0 Å². The fraction of sp³-hybridized carbons (Fsp3) is 0.250. The second-order valence-corrected chi connectivity index (χ2v) is 4.20. The average molecular weight is 253 g/mol. The number of nitrogens with zero attached hydrogens (tertiary/aromatic N) is 2. The largest absolute Gasteiger partial charge is 1.00 e. The van der Waals surface area contributed by atoms with Crippen molar-refractivity contribution >= 4 is 16.0 Å². The fourth-order valence-electron chi connectivity index (χ4n) is 0.940. The van der Waals surface area contributed by atoms with Crippen molar-refractivity contribution < 1.29 is 43.6 Å². The first-order chi connectivity index (χ1) is 6.94. The Balaban J connectivity index is 0. The maximum Gasteiger partial charge on any atom is 1.00 e. The average Bonchev–Trinajstić information content (AvgIpc) is 2.18. The van der Waals surface area contributed by atoms with E-state index in [1.54, 1.807) is 12.1 Å². The van der Waals surface area contributed by atoms with E-state index >= 15 is 0 Å². The van der Waals surface area contributed by atoms with Gasteiger partial charge in [-0.3, -0.25) is 0 Å². The van der Waals surface area contributed by atoms with Gasteiger partial charge in [-0.1, -0.05) is 0 Å². The summed E-state index contributed by atoms with van der Waals surface area (Å²) >= 11 is 0. The molecule has 0 atom stereocenters. The van der Waals surface area contributed by atoms with Crippen molar-refractivity contribution in [2.75, 3.05) is 19.0 Å². The third-order valence-electron chi connectivity index (χ3n) is 1.67. The Morgan fingerprint density at radius 3 is 2.19 bits per heavy atom. The number of anilines is 1. The summed E-state index contributed by atoms with van der Waals surface area (Å²) in [6.07, 6.45) is 0. The third-order valence-corrected chi connectivity index (χ3v) is 2.29. The number of benzene rings is 1. The maximum atomic E-state index is 10.8. The Morgan fingerprint density at radius 1 is 1.31 bits per heavy atom. The van der Waals surface area contributed by atoms with Crippen molar-refractivity contribution in [3.8, 4) is 5.75 Å². The maximum absolute atomic E-state index is 10.8. The van der Waals surface area contributed by atoms with Gasteiger partial charge >= 0.3 is 39.9 Å². The molecule has 0 aliphatic carbocycles. The molecule has 0 spiro atoms. The number of rotatable bonds is 4. The van der Waals surface area contributed by atoms with Gasteiger partial charge in [0.15, 0.2) is 0 Å². The van der Waals surface area contributed by atoms with Crippen molar-refractivity contribution in [3.05, 3.63) is 24.3 Å². The standard InChI is InChI=1S/C8H11N3O3S.Na.H/c1-11(2)7-3-5-8(6-4-7)14-15(12,13)10-9;;/h3-6,9H,1-2H3;;/q;+1;-1. The molecule has 0 amide bonds. The van der Waals surface area contributed by atoms with E-state index in [0.29, 0.717) is 0 Å². The summed E-state index contributed by atoms with van der Waals surface area (Å²) in [5.74, 6) is 0.136. The first-order valence-corrected chi connectivity index (χ1v) is 5.41. The Labute approximate surface area is 118 Å². The van der Waals surface area contributed by atoms with Crippen LogP contribution in [-0.4, -0.2) is 22.5 Å². The molecule has 1 aromatic rings. The monoisotopic (exact) mass is 253 g/mol. The minimum Gasteiger partial charge on any atom is -1.00 e. The van der Waals surface area contributed by atoms with Crippen LogP contribution in [0, 0.1) is 5.53 Å². The Hall–Kier alpha value is -0.630. The predicted molar refractivity (Wildman–Crippen MR) is 56.6 cm³/mol. The van der Waals surface area contributed by atoms with Gasteiger partial charge in [-0.2, -0.15) is 13.9 Å². The SMILES string of the molecule is CN(C)c1ccc(OS(=O)(=O)N=N)cc1.[H-].[Na+]. The van der Waals surface area contributed by atoms with E-state index in [9.17, 15) is 8.42 Å². The molecule has 8 heteroatoms. The quantitative estimate of drug-likeness (QED) is 0.524. The number of hydrogen-bond acceptors (Lipinski definition) is 5. The van der Waals surface area contributed by atoms with Gasteiger partial charge in [-0.05, 0) is 28.8 Å². The molecule has 1 N–H and O–H groups in total. The molecule has 0 unspecified atom stereocenters. The summed E-state index contributed by atoms with van der Waals surface area (Å²) in [6, 6.07) is 6.40. The van der Waals surface area contributed by atoms with Crippen LogP contribution in [0.1, 0.15) is 1.43 Å². The third kappa shape index (κ3) is 4.48. The van der Waals surface area contributed by atoms with Crippen LogP contribution in [0.4, 0.5) is 5.69 Å². The Kier molecular flexibility index (Phi) is 5.95. The summed E-state index contributed by atoms with van der Waals surface area (Å²) in [4.78, 5) is 1.87. The van der Waals surface area contributed by atoms with E-state index in [1.165, 1.54) is 12.1 Å². The normalized spacial score (nSPS) is 10.1. The van der Waals surface area contributed by atoms with Gasteiger partial charge in [-0.15, -0.1) is 0 Å². The topological polar surface area (TPSA) is 82.8 Å². The summed E-state index contributed by atoms with van der Waals surface area (Å²) in [6.45, 7) is 0. The minimum absolute atomic E-state index is 0. The van der Waals surface area contributed by atoms with Crippen molar-refractivity contribution in [3.63, 3.8) is 0 Å². The van der Waals surface area contributed by atoms with E-state index in [1.807, 2.05) is 19.0 Å². The molecule has 0 aromatic heterocycles. The smallest absolute Gasteiger partial charge is 1.00 e. The summed E-state index contributed by atoms with van der Waals surface area (Å²) in [5, 5.41) is 0. The van der Waals surface area contributed by atoms with E-state index in [2.05, 4.69) is 8.70 Å². The van der Waals surface area contributed by atoms with Crippen LogP contribution in [0.3, 0.4) is 0 Å². The zero-order valence-electron chi connectivity index (χ0n) is 10.3. The molecular weight excluding hydrogens is 241 g/mol. The Morgan fingerprint density at radius 2 is 1.81 bits per heavy atom. The Bertz CT molecular complexity index is 450. The molecule has 0 fully saturated rings. The molecule has 0 heterocycles. The summed E-state index contributed by atoms with van der Waals surface area (Å²) in [7, 11) is -0.394. The van der Waals surface area contributed by atoms with Crippen LogP contribution in [0.15, 0.2) is 28.8 Å². The second kappa shape index (κ2) is 6.19. The van der Waals surface area contributed by atoms with Crippen molar-refractivity contribution in [2.45, 2.75) is 0 Å². The zero-order chi connectivity index (χ0) is 11.5. The molecule has 0 saturated carbocycles. The molecule has 0 radical (unpaired) electrons. The van der Waals surface area contributed by atoms with Crippen LogP contribution >= 0.6 is 0 Å². The summed E-state index contributed by atoms with van der Waals surface area (Å²) in [5.41, 5.74) is 7.29. The van der Waals surface area contributed by atoms with Crippen LogP contribution < -0.4 is 38.6 Å². The van der Waals surface area contributed by atoms with Crippen molar-refractivity contribution in [1.29, 1.82) is 5.53 Å². The van der Waals surface area contributed by atoms with Crippen molar-refractivity contribution in [2.24, 2.45) is 4.52 Å². The minimum atomic E-state index is -4.13. The molecule has 0 bridgehead atoms. The van der Waals surface area contributed by atoms with E-state index in [0.717, 1.165) is 5.69 Å². The number of hydrogen-bond donors (Lipinski definition) is 1. The second-order valence-electron chi connectivity index (χ2n) is 2.99. The van der Waals surface area contributed by atoms with Gasteiger partial charge in [0.1, 0.15) is 5.75 Å². The molecule has 16 heavy (non-hydrogen) atoms.